The van der Waals surface area contributed by atoms with Gasteiger partial charge < -0.3 is 20.5 Å². The van der Waals surface area contributed by atoms with E-state index in [2.05, 4.69) is 10.6 Å². The number of nitrogens with one attached hydrogen (secondary N) is 2. The van der Waals surface area contributed by atoms with Gasteiger partial charge in [-0.15, -0.1) is 0 Å². The number of aliphatic hydroxyl groups is 1. The average molecular weight is 322 g/mol. The fourth-order valence-corrected chi connectivity index (χ4v) is 1.89. The Kier molecular flexibility index (Phi) is 7.36. The van der Waals surface area contributed by atoms with Crippen LogP contribution in [0.15, 0.2) is 24.3 Å². The highest BCUT2D eigenvalue weighted by Gasteiger charge is 2.22. The third kappa shape index (κ3) is 7.88. The topological polar surface area (TPSA) is 70.6 Å². The SMILES string of the molecule is CC(C)Oc1ccc(CCNC(=O)NCC(O)C(C)(C)C)cc1. The maximum atomic E-state index is 11.7. The van der Waals surface area contributed by atoms with Crippen LogP contribution in [-0.4, -0.2) is 36.4 Å². The van der Waals surface area contributed by atoms with Gasteiger partial charge in [0.1, 0.15) is 5.75 Å². The first kappa shape index (κ1) is 19.3. The number of rotatable bonds is 7. The van der Waals surface area contributed by atoms with Gasteiger partial charge in [-0.1, -0.05) is 32.9 Å². The molecular weight excluding hydrogens is 292 g/mol. The Bertz CT molecular complexity index is 478. The number of hydrogen-bond acceptors (Lipinski definition) is 3. The first-order valence-electron chi connectivity index (χ1n) is 8.14. The van der Waals surface area contributed by atoms with E-state index in [-0.39, 0.29) is 24.1 Å². The van der Waals surface area contributed by atoms with Gasteiger partial charge in [-0.2, -0.15) is 0 Å². The van der Waals surface area contributed by atoms with Crippen LogP contribution < -0.4 is 15.4 Å². The number of ether oxygens (including phenoxy) is 1. The number of carbonyl (C=O) groups is 1. The summed E-state index contributed by atoms with van der Waals surface area (Å²) in [5, 5.41) is 15.4. The summed E-state index contributed by atoms with van der Waals surface area (Å²) >= 11 is 0. The molecule has 0 spiro atoms. The molecule has 0 saturated carbocycles. The van der Waals surface area contributed by atoms with E-state index < -0.39 is 6.10 Å². The molecule has 0 radical (unpaired) electrons. The fraction of sp³-hybridized carbons (Fsp3) is 0.611. The molecule has 1 rings (SSSR count). The van der Waals surface area contributed by atoms with Gasteiger partial charge in [-0.25, -0.2) is 4.79 Å². The summed E-state index contributed by atoms with van der Waals surface area (Å²) in [7, 11) is 0. The number of hydrogen-bond donors (Lipinski definition) is 3. The third-order valence-electron chi connectivity index (χ3n) is 3.45. The average Bonchev–Trinajstić information content (AvgIpc) is 2.45. The van der Waals surface area contributed by atoms with Gasteiger partial charge in [0, 0.05) is 13.1 Å². The fourth-order valence-electron chi connectivity index (χ4n) is 1.89. The Morgan fingerprint density at radius 3 is 2.30 bits per heavy atom. The van der Waals surface area contributed by atoms with Crippen LogP contribution in [0.25, 0.3) is 0 Å². The zero-order chi connectivity index (χ0) is 17.5. The molecule has 0 saturated heterocycles. The summed E-state index contributed by atoms with van der Waals surface area (Å²) in [4.78, 5) is 11.7. The Labute approximate surface area is 139 Å². The molecule has 5 heteroatoms. The van der Waals surface area contributed by atoms with Crippen molar-refractivity contribution in [3.8, 4) is 5.75 Å². The van der Waals surface area contributed by atoms with E-state index in [9.17, 15) is 9.90 Å². The van der Waals surface area contributed by atoms with Crippen LogP contribution in [0, 0.1) is 5.41 Å². The number of carbonyl (C=O) groups excluding carboxylic acids is 1. The van der Waals surface area contributed by atoms with Gasteiger partial charge in [0.05, 0.1) is 12.2 Å². The van der Waals surface area contributed by atoms with Crippen LogP contribution in [0.2, 0.25) is 0 Å². The van der Waals surface area contributed by atoms with E-state index >= 15 is 0 Å². The van der Waals surface area contributed by atoms with E-state index in [0.717, 1.165) is 17.7 Å². The van der Waals surface area contributed by atoms with E-state index in [1.165, 1.54) is 0 Å². The summed E-state index contributed by atoms with van der Waals surface area (Å²) in [5.74, 6) is 0.852. The number of aliphatic hydroxyl groups excluding tert-OH is 1. The van der Waals surface area contributed by atoms with Crippen molar-refractivity contribution < 1.29 is 14.6 Å². The van der Waals surface area contributed by atoms with Crippen LogP contribution in [0.4, 0.5) is 4.79 Å². The molecule has 0 bridgehead atoms. The first-order chi connectivity index (χ1) is 10.7. The maximum absolute atomic E-state index is 11.7. The van der Waals surface area contributed by atoms with Crippen molar-refractivity contribution in [2.24, 2.45) is 5.41 Å². The standard InChI is InChI=1S/C18H30N2O3/c1-13(2)23-15-8-6-14(7-9-15)10-11-19-17(22)20-12-16(21)18(3,4)5/h6-9,13,16,21H,10-12H2,1-5H3,(H2,19,20,22). The smallest absolute Gasteiger partial charge is 0.314 e. The molecule has 1 atom stereocenters. The zero-order valence-electron chi connectivity index (χ0n) is 14.8. The minimum atomic E-state index is -0.568. The third-order valence-corrected chi connectivity index (χ3v) is 3.45. The molecular formula is C18H30N2O3. The quantitative estimate of drug-likeness (QED) is 0.723. The van der Waals surface area contributed by atoms with Gasteiger partial charge in [0.15, 0.2) is 0 Å². The zero-order valence-corrected chi connectivity index (χ0v) is 14.8. The van der Waals surface area contributed by atoms with E-state index in [1.54, 1.807) is 0 Å². The molecule has 0 aliphatic rings. The second kappa shape index (κ2) is 8.77. The van der Waals surface area contributed by atoms with Crippen LogP contribution in [0.1, 0.15) is 40.2 Å². The molecule has 0 fully saturated rings. The summed E-state index contributed by atoms with van der Waals surface area (Å²) in [6.07, 6.45) is 0.341. The van der Waals surface area contributed by atoms with Crippen molar-refractivity contribution in [1.82, 2.24) is 10.6 Å². The lowest BCUT2D eigenvalue weighted by molar-refractivity contribution is 0.0650. The molecule has 1 aromatic rings. The lowest BCUT2D eigenvalue weighted by Crippen LogP contribution is -2.44. The number of urea groups is 1. The van der Waals surface area contributed by atoms with Gasteiger partial charge in [0.2, 0.25) is 0 Å². The Morgan fingerprint density at radius 1 is 1.17 bits per heavy atom. The predicted molar refractivity (Wildman–Crippen MR) is 92.8 cm³/mol. The second-order valence-corrected chi connectivity index (χ2v) is 7.08. The van der Waals surface area contributed by atoms with Crippen LogP contribution in [-0.2, 0) is 6.42 Å². The van der Waals surface area contributed by atoms with E-state index in [0.29, 0.717) is 6.54 Å². The van der Waals surface area contributed by atoms with Gasteiger partial charge in [0.25, 0.3) is 0 Å². The molecule has 3 N–H and O–H groups in total. The molecule has 0 heterocycles. The summed E-state index contributed by atoms with van der Waals surface area (Å²) in [6, 6.07) is 7.62. The lowest BCUT2D eigenvalue weighted by atomic mass is 9.89. The Hall–Kier alpha value is -1.75. The first-order valence-corrected chi connectivity index (χ1v) is 8.14. The minimum Gasteiger partial charge on any atom is -0.491 e. The van der Waals surface area contributed by atoms with Crippen molar-refractivity contribution in [3.05, 3.63) is 29.8 Å². The molecule has 5 nitrogen and oxygen atoms in total. The maximum Gasteiger partial charge on any atom is 0.314 e. The number of amides is 2. The molecule has 0 aromatic heterocycles. The van der Waals surface area contributed by atoms with E-state index in [1.807, 2.05) is 58.9 Å². The molecule has 2 amide bonds. The van der Waals surface area contributed by atoms with E-state index in [4.69, 9.17) is 4.74 Å². The molecule has 1 aromatic carbocycles. The minimum absolute atomic E-state index is 0.162. The van der Waals surface area contributed by atoms with Crippen molar-refractivity contribution in [3.63, 3.8) is 0 Å². The Balaban J connectivity index is 2.27. The van der Waals surface area contributed by atoms with Gasteiger partial charge in [-0.3, -0.25) is 0 Å². The lowest BCUT2D eigenvalue weighted by Gasteiger charge is -2.25. The molecule has 0 aliphatic carbocycles. The molecule has 1 unspecified atom stereocenters. The highest BCUT2D eigenvalue weighted by Crippen LogP contribution is 2.18. The van der Waals surface area contributed by atoms with Crippen molar-refractivity contribution in [2.45, 2.75) is 53.2 Å². The highest BCUT2D eigenvalue weighted by molar-refractivity contribution is 5.73. The molecule has 0 aliphatic heterocycles. The summed E-state index contributed by atoms with van der Waals surface area (Å²) in [6.45, 7) is 10.6. The van der Waals surface area contributed by atoms with Gasteiger partial charge >= 0.3 is 6.03 Å². The monoisotopic (exact) mass is 322 g/mol. The molecule has 130 valence electrons. The molecule has 23 heavy (non-hydrogen) atoms. The summed E-state index contributed by atoms with van der Waals surface area (Å²) in [5.41, 5.74) is 0.892. The van der Waals surface area contributed by atoms with Crippen LogP contribution in [0.3, 0.4) is 0 Å². The Morgan fingerprint density at radius 2 is 1.78 bits per heavy atom. The largest absolute Gasteiger partial charge is 0.491 e. The second-order valence-electron chi connectivity index (χ2n) is 7.08. The van der Waals surface area contributed by atoms with Crippen molar-refractivity contribution in [2.75, 3.05) is 13.1 Å². The van der Waals surface area contributed by atoms with Gasteiger partial charge in [-0.05, 0) is 43.4 Å². The number of benzene rings is 1. The summed E-state index contributed by atoms with van der Waals surface area (Å²) < 4.78 is 5.59. The predicted octanol–water partition coefficient (Wildman–Crippen LogP) is 2.72. The normalized spacial score (nSPS) is 12.8. The van der Waals surface area contributed by atoms with Crippen LogP contribution >= 0.6 is 0 Å². The van der Waals surface area contributed by atoms with Crippen molar-refractivity contribution >= 4 is 6.03 Å². The van der Waals surface area contributed by atoms with Crippen LogP contribution in [0.5, 0.6) is 5.75 Å². The highest BCUT2D eigenvalue weighted by atomic mass is 16.5. The van der Waals surface area contributed by atoms with Crippen molar-refractivity contribution in [1.29, 1.82) is 0 Å².